The third kappa shape index (κ3) is 7.55. The van der Waals surface area contributed by atoms with Gasteiger partial charge in [0.05, 0.1) is 39.4 Å². The molecule has 2 saturated heterocycles. The molecule has 14 heteroatoms. The number of nitrogens with one attached hydrogen (secondary N) is 1. The molecule has 1 aliphatic carbocycles. The molecule has 0 spiro atoms. The van der Waals surface area contributed by atoms with Crippen LogP contribution in [0.5, 0.6) is 5.75 Å². The summed E-state index contributed by atoms with van der Waals surface area (Å²) in [7, 11) is 0. The van der Waals surface area contributed by atoms with Crippen LogP contribution in [0.3, 0.4) is 0 Å². The fourth-order valence-corrected chi connectivity index (χ4v) is 10.1. The van der Waals surface area contributed by atoms with Gasteiger partial charge in [-0.2, -0.15) is 0 Å². The molecule has 3 aliphatic rings. The average Bonchev–Trinajstić information content (AvgIpc) is 4.04. The number of carbonyl (C=O) groups is 2. The summed E-state index contributed by atoms with van der Waals surface area (Å²) in [5, 5.41) is 38.0. The van der Waals surface area contributed by atoms with E-state index < -0.39 is 18.1 Å². The van der Waals surface area contributed by atoms with Crippen molar-refractivity contribution >= 4 is 40.0 Å². The number of β-amino-alcohol motifs (C(OH)–C–C–N with tert-alkyl or cyclic N) is 1. The molecule has 2 aromatic carbocycles. The SMILES string of the molecule is Cc1ncsc1-c1ccc([C@H](C)NC(=O)[C@@H]2C[C@@H](O)CN2C(=O)C(c2cc(N3CCC(c4cc5nnc(-c6ccccc6O)cc5n4C4CCC4)CC3)no2)C(C)C)cc1. The van der Waals surface area contributed by atoms with Crippen LogP contribution in [0.15, 0.2) is 76.8 Å². The number of aromatic nitrogens is 5. The van der Waals surface area contributed by atoms with Crippen LogP contribution in [0.2, 0.25) is 0 Å². The minimum Gasteiger partial charge on any atom is -0.507 e. The van der Waals surface area contributed by atoms with Crippen LogP contribution in [0.1, 0.15) is 106 Å². The number of fused-ring (bicyclic) bond motifs is 1. The number of nitrogens with zero attached hydrogens (tertiary/aromatic N) is 7. The minimum absolute atomic E-state index is 0.0745. The Labute approximate surface area is 353 Å². The van der Waals surface area contributed by atoms with Gasteiger partial charge < -0.3 is 34.4 Å². The number of aromatic hydroxyl groups is 1. The minimum atomic E-state index is -0.810. The number of phenolic OH excluding ortho intramolecular Hbond substituents is 1. The Morgan fingerprint density at radius 3 is 2.42 bits per heavy atom. The number of piperidine rings is 1. The summed E-state index contributed by atoms with van der Waals surface area (Å²) in [6.45, 7) is 9.46. The van der Waals surface area contributed by atoms with E-state index in [-0.39, 0.29) is 42.5 Å². The normalized spacial score (nSPS) is 19.8. The molecule has 1 saturated carbocycles. The molecule has 3 fully saturated rings. The molecule has 2 amide bonds. The van der Waals surface area contributed by atoms with E-state index in [2.05, 4.69) is 47.3 Å². The molecule has 13 nitrogen and oxygen atoms in total. The van der Waals surface area contributed by atoms with Crippen molar-refractivity contribution in [3.63, 3.8) is 0 Å². The predicted molar refractivity (Wildman–Crippen MR) is 231 cm³/mol. The number of para-hydroxylation sites is 1. The number of carbonyl (C=O) groups excluding carboxylic acids is 2. The summed E-state index contributed by atoms with van der Waals surface area (Å²) in [5.74, 6) is 0.298. The van der Waals surface area contributed by atoms with E-state index in [9.17, 15) is 19.8 Å². The monoisotopic (exact) mass is 828 g/mol. The van der Waals surface area contributed by atoms with E-state index in [1.807, 2.05) is 75.7 Å². The standard InChI is InChI=1S/C46H52N8O5S/c1-26(2)43(46(58)53-24-33(55)20-39(53)45(57)48-27(3)29-12-14-31(15-13-29)44-28(4)47-25-60-44)41-23-42(51-59-41)52-18-16-30(17-19-52)37-22-36-38(54(37)32-8-7-9-32)21-35(49-50-36)34-10-5-6-11-40(34)56/h5-6,10-15,21-23,25-27,30,32-33,39,43,55-56H,7-9,16-20,24H2,1-4H3,(H,48,57)/t27-,33+,39-,43?/m0/s1. The maximum Gasteiger partial charge on any atom is 0.243 e. The van der Waals surface area contributed by atoms with Crippen molar-refractivity contribution in [2.45, 2.75) is 102 Å². The fourth-order valence-electron chi connectivity index (χ4n) is 9.32. The van der Waals surface area contributed by atoms with E-state index in [1.165, 1.54) is 17.0 Å². The molecule has 0 bridgehead atoms. The summed E-state index contributed by atoms with van der Waals surface area (Å²) in [4.78, 5) is 37.4. The molecular formula is C46H52N8O5S. The lowest BCUT2D eigenvalue weighted by atomic mass is 9.89. The van der Waals surface area contributed by atoms with Gasteiger partial charge in [0.2, 0.25) is 11.8 Å². The van der Waals surface area contributed by atoms with Crippen LogP contribution in [-0.4, -0.2) is 83.6 Å². The zero-order valence-electron chi connectivity index (χ0n) is 34.5. The Morgan fingerprint density at radius 1 is 0.967 bits per heavy atom. The molecule has 4 aromatic heterocycles. The quantitative estimate of drug-likeness (QED) is 0.117. The largest absolute Gasteiger partial charge is 0.507 e. The molecule has 0 radical (unpaired) electrons. The second-order valence-electron chi connectivity index (χ2n) is 17.1. The summed E-state index contributed by atoms with van der Waals surface area (Å²) < 4.78 is 8.43. The molecule has 3 N–H and O–H groups in total. The second-order valence-corrected chi connectivity index (χ2v) is 18.0. The van der Waals surface area contributed by atoms with E-state index in [0.717, 1.165) is 71.5 Å². The van der Waals surface area contributed by atoms with Gasteiger partial charge in [0.15, 0.2) is 11.6 Å². The predicted octanol–water partition coefficient (Wildman–Crippen LogP) is 7.91. The van der Waals surface area contributed by atoms with E-state index in [4.69, 9.17) is 4.52 Å². The highest BCUT2D eigenvalue weighted by molar-refractivity contribution is 7.13. The first kappa shape index (κ1) is 39.8. The Bertz CT molecular complexity index is 2500. The van der Waals surface area contributed by atoms with Crippen LogP contribution >= 0.6 is 11.3 Å². The third-order valence-electron chi connectivity index (χ3n) is 12.9. The van der Waals surface area contributed by atoms with Crippen LogP contribution in [0.25, 0.3) is 32.7 Å². The first-order chi connectivity index (χ1) is 29.0. The summed E-state index contributed by atoms with van der Waals surface area (Å²) in [5.41, 5.74) is 9.39. The lowest BCUT2D eigenvalue weighted by Gasteiger charge is -2.35. The first-order valence-corrected chi connectivity index (χ1v) is 22.1. The van der Waals surface area contributed by atoms with E-state index in [1.54, 1.807) is 23.5 Å². The number of amides is 2. The number of phenols is 1. The smallest absolute Gasteiger partial charge is 0.243 e. The highest BCUT2D eigenvalue weighted by Crippen LogP contribution is 2.42. The zero-order valence-corrected chi connectivity index (χ0v) is 35.3. The topological polar surface area (TPSA) is 163 Å². The molecule has 2 aliphatic heterocycles. The molecule has 6 aromatic rings. The van der Waals surface area contributed by atoms with Gasteiger partial charge in [0.1, 0.15) is 23.2 Å². The van der Waals surface area contributed by atoms with Crippen LogP contribution < -0.4 is 10.2 Å². The Morgan fingerprint density at radius 2 is 1.73 bits per heavy atom. The number of thiazole rings is 1. The maximum absolute atomic E-state index is 14.4. The molecule has 6 heterocycles. The van der Waals surface area contributed by atoms with Gasteiger partial charge >= 0.3 is 0 Å². The molecular weight excluding hydrogens is 777 g/mol. The van der Waals surface area contributed by atoms with E-state index >= 15 is 0 Å². The van der Waals surface area contributed by atoms with Gasteiger partial charge in [-0.1, -0.05) is 55.4 Å². The van der Waals surface area contributed by atoms with Crippen molar-refractivity contribution in [1.82, 2.24) is 35.1 Å². The number of aliphatic hydroxyl groups excluding tert-OH is 1. The van der Waals surface area contributed by atoms with Crippen LogP contribution in [-0.2, 0) is 9.59 Å². The molecule has 312 valence electrons. The summed E-state index contributed by atoms with van der Waals surface area (Å²) >= 11 is 1.60. The van der Waals surface area contributed by atoms with Crippen molar-refractivity contribution in [2.24, 2.45) is 5.92 Å². The zero-order chi connectivity index (χ0) is 41.7. The number of aryl methyl sites for hydroxylation is 1. The Hall–Kier alpha value is -5.60. The summed E-state index contributed by atoms with van der Waals surface area (Å²) in [6, 6.07) is 20.8. The number of rotatable bonds is 11. The van der Waals surface area contributed by atoms with Crippen molar-refractivity contribution in [2.75, 3.05) is 24.5 Å². The van der Waals surface area contributed by atoms with Gasteiger partial charge in [0, 0.05) is 55.3 Å². The number of aliphatic hydroxyl groups is 1. The molecule has 4 atom stereocenters. The average molecular weight is 829 g/mol. The number of benzene rings is 2. The van der Waals surface area contributed by atoms with Gasteiger partial charge in [-0.3, -0.25) is 9.59 Å². The number of hydrogen-bond donors (Lipinski definition) is 3. The fraction of sp³-hybridized carbons (Fsp3) is 0.435. The highest BCUT2D eigenvalue weighted by atomic mass is 32.1. The number of anilines is 1. The lowest BCUT2D eigenvalue weighted by Crippen LogP contribution is -2.48. The Balaban J connectivity index is 0.871. The van der Waals surface area contributed by atoms with Gasteiger partial charge in [-0.05, 0) is 87.3 Å². The third-order valence-corrected chi connectivity index (χ3v) is 13.9. The van der Waals surface area contributed by atoms with Crippen molar-refractivity contribution in [1.29, 1.82) is 0 Å². The lowest BCUT2D eigenvalue weighted by molar-refractivity contribution is -0.141. The molecule has 1 unspecified atom stereocenters. The van der Waals surface area contributed by atoms with Gasteiger partial charge in [-0.15, -0.1) is 21.5 Å². The van der Waals surface area contributed by atoms with Crippen molar-refractivity contribution in [3.8, 4) is 27.4 Å². The van der Waals surface area contributed by atoms with E-state index in [0.29, 0.717) is 34.8 Å². The summed E-state index contributed by atoms with van der Waals surface area (Å²) in [6.07, 6.45) is 4.64. The highest BCUT2D eigenvalue weighted by Gasteiger charge is 2.44. The van der Waals surface area contributed by atoms with Crippen LogP contribution in [0, 0.1) is 12.8 Å². The second kappa shape index (κ2) is 16.5. The molecule has 60 heavy (non-hydrogen) atoms. The van der Waals surface area contributed by atoms with Crippen LogP contribution in [0.4, 0.5) is 5.82 Å². The van der Waals surface area contributed by atoms with Crippen molar-refractivity contribution < 1.29 is 24.3 Å². The number of hydrogen-bond acceptors (Lipinski definition) is 11. The van der Waals surface area contributed by atoms with Gasteiger partial charge in [-0.25, -0.2) is 4.98 Å². The van der Waals surface area contributed by atoms with Crippen molar-refractivity contribution in [3.05, 3.63) is 95.0 Å². The maximum atomic E-state index is 14.4. The molecule has 9 rings (SSSR count). The number of likely N-dealkylation sites (tertiary alicyclic amines) is 1. The Kier molecular flexibility index (Phi) is 10.9. The van der Waals surface area contributed by atoms with Gasteiger partial charge in [0.25, 0.3) is 0 Å². The first-order valence-electron chi connectivity index (χ1n) is 21.2.